The quantitative estimate of drug-likeness (QED) is 0.654. The van der Waals surface area contributed by atoms with Crippen LogP contribution in [-0.2, 0) is 9.59 Å². The number of carbonyl (C=O) groups excluding carboxylic acids is 2. The predicted molar refractivity (Wildman–Crippen MR) is 49.3 cm³/mol. The van der Waals surface area contributed by atoms with Crippen LogP contribution in [0.5, 0.6) is 0 Å². The summed E-state index contributed by atoms with van der Waals surface area (Å²) < 4.78 is 0. The summed E-state index contributed by atoms with van der Waals surface area (Å²) in [5.74, 6) is -1.86. The lowest BCUT2D eigenvalue weighted by molar-refractivity contribution is -0.134. The van der Waals surface area contributed by atoms with Crippen molar-refractivity contribution in [2.75, 3.05) is 5.32 Å². The molecule has 0 unspecified atom stereocenters. The second-order valence-electron chi connectivity index (χ2n) is 2.33. The van der Waals surface area contributed by atoms with Crippen molar-refractivity contribution in [1.82, 2.24) is 0 Å². The number of amides is 2. The number of rotatable bonds is 1. The van der Waals surface area contributed by atoms with Crippen LogP contribution in [0.4, 0.5) is 5.69 Å². The number of primary amides is 1. The summed E-state index contributed by atoms with van der Waals surface area (Å²) in [5, 5.41) is 2.85. The highest BCUT2D eigenvalue weighted by Gasteiger charge is 2.07. The summed E-state index contributed by atoms with van der Waals surface area (Å²) >= 11 is 5.61. The molecule has 5 heteroatoms. The van der Waals surface area contributed by atoms with Crippen molar-refractivity contribution in [1.29, 1.82) is 0 Å². The van der Waals surface area contributed by atoms with Gasteiger partial charge in [0.15, 0.2) is 0 Å². The number of carbonyl (C=O) groups is 2. The van der Waals surface area contributed by atoms with E-state index in [1.807, 2.05) is 0 Å². The summed E-state index contributed by atoms with van der Waals surface area (Å²) in [6.45, 7) is 0. The molecule has 0 aliphatic rings. The molecule has 0 saturated heterocycles. The van der Waals surface area contributed by atoms with Crippen molar-refractivity contribution >= 4 is 29.1 Å². The van der Waals surface area contributed by atoms with Crippen LogP contribution in [0.3, 0.4) is 0 Å². The van der Waals surface area contributed by atoms with Gasteiger partial charge in [0.05, 0.1) is 0 Å². The SMILES string of the molecule is NC(=O)C(=O)Nc1ccc(Cl)cc1. The second-order valence-corrected chi connectivity index (χ2v) is 2.76. The molecule has 0 aliphatic carbocycles. The molecule has 0 spiro atoms. The van der Waals surface area contributed by atoms with Gasteiger partial charge in [0.1, 0.15) is 0 Å². The van der Waals surface area contributed by atoms with Gasteiger partial charge in [-0.3, -0.25) is 9.59 Å². The first kappa shape index (κ1) is 9.54. The molecule has 0 aliphatic heterocycles. The van der Waals surface area contributed by atoms with Crippen molar-refractivity contribution < 1.29 is 9.59 Å². The molecule has 0 bridgehead atoms. The van der Waals surface area contributed by atoms with Gasteiger partial charge in [-0.25, -0.2) is 0 Å². The number of benzene rings is 1. The van der Waals surface area contributed by atoms with E-state index in [1.165, 1.54) is 0 Å². The maximum absolute atomic E-state index is 10.8. The third kappa shape index (κ3) is 2.76. The lowest BCUT2D eigenvalue weighted by Gasteiger charge is -2.01. The summed E-state index contributed by atoms with van der Waals surface area (Å²) in [6, 6.07) is 6.34. The van der Waals surface area contributed by atoms with Crippen molar-refractivity contribution in [3.05, 3.63) is 29.3 Å². The Hall–Kier alpha value is -1.55. The fourth-order valence-corrected chi connectivity index (χ4v) is 0.852. The molecule has 1 aromatic carbocycles. The molecule has 1 aromatic rings. The fraction of sp³-hybridized carbons (Fsp3) is 0. The number of hydrogen-bond acceptors (Lipinski definition) is 2. The van der Waals surface area contributed by atoms with Crippen LogP contribution < -0.4 is 11.1 Å². The molecular formula is C8H7ClN2O2. The van der Waals surface area contributed by atoms with Crippen LogP contribution in [0.15, 0.2) is 24.3 Å². The lowest BCUT2D eigenvalue weighted by atomic mass is 10.3. The van der Waals surface area contributed by atoms with Gasteiger partial charge in [0, 0.05) is 10.7 Å². The number of nitrogens with one attached hydrogen (secondary N) is 1. The minimum absolute atomic E-state index is 0.480. The Morgan fingerprint density at radius 3 is 2.23 bits per heavy atom. The van der Waals surface area contributed by atoms with Crippen LogP contribution >= 0.6 is 11.6 Å². The molecule has 0 atom stereocenters. The lowest BCUT2D eigenvalue weighted by Crippen LogP contribution is -2.29. The molecule has 0 aromatic heterocycles. The van der Waals surface area contributed by atoms with E-state index >= 15 is 0 Å². The van der Waals surface area contributed by atoms with E-state index in [4.69, 9.17) is 17.3 Å². The highest BCUT2D eigenvalue weighted by molar-refractivity contribution is 6.39. The Labute approximate surface area is 79.7 Å². The molecule has 1 rings (SSSR count). The van der Waals surface area contributed by atoms with Gasteiger partial charge in [0.2, 0.25) is 0 Å². The van der Waals surface area contributed by atoms with Crippen molar-refractivity contribution in [2.45, 2.75) is 0 Å². The minimum Gasteiger partial charge on any atom is -0.361 e. The summed E-state index contributed by atoms with van der Waals surface area (Å²) in [4.78, 5) is 21.1. The standard InChI is InChI=1S/C8H7ClN2O2/c9-5-1-3-6(4-2-5)11-8(13)7(10)12/h1-4H,(H2,10,12)(H,11,13). The van der Waals surface area contributed by atoms with E-state index in [-0.39, 0.29) is 0 Å². The molecule has 4 nitrogen and oxygen atoms in total. The average molecular weight is 199 g/mol. The second kappa shape index (κ2) is 3.91. The van der Waals surface area contributed by atoms with Crippen molar-refractivity contribution in [3.8, 4) is 0 Å². The van der Waals surface area contributed by atoms with E-state index in [0.29, 0.717) is 10.7 Å². The molecule has 68 valence electrons. The highest BCUT2D eigenvalue weighted by Crippen LogP contribution is 2.12. The first-order valence-corrected chi connectivity index (χ1v) is 3.84. The van der Waals surface area contributed by atoms with Crippen LogP contribution in [0, 0.1) is 0 Å². The van der Waals surface area contributed by atoms with E-state index in [2.05, 4.69) is 5.32 Å². The van der Waals surface area contributed by atoms with Gasteiger partial charge in [0.25, 0.3) is 0 Å². The molecule has 13 heavy (non-hydrogen) atoms. The highest BCUT2D eigenvalue weighted by atomic mass is 35.5. The molecule has 3 N–H and O–H groups in total. The smallest absolute Gasteiger partial charge is 0.313 e. The Morgan fingerprint density at radius 2 is 1.77 bits per heavy atom. The van der Waals surface area contributed by atoms with Crippen molar-refractivity contribution in [3.63, 3.8) is 0 Å². The van der Waals surface area contributed by atoms with Gasteiger partial charge in [-0.05, 0) is 24.3 Å². The Balaban J connectivity index is 2.70. The van der Waals surface area contributed by atoms with Gasteiger partial charge in [-0.2, -0.15) is 0 Å². The molecular weight excluding hydrogens is 192 g/mol. The molecule has 0 saturated carbocycles. The van der Waals surface area contributed by atoms with Gasteiger partial charge >= 0.3 is 11.8 Å². The summed E-state index contributed by atoms with van der Waals surface area (Å²) in [6.07, 6.45) is 0. The van der Waals surface area contributed by atoms with E-state index in [0.717, 1.165) is 0 Å². The van der Waals surface area contributed by atoms with E-state index < -0.39 is 11.8 Å². The van der Waals surface area contributed by atoms with Crippen LogP contribution in [0.25, 0.3) is 0 Å². The molecule has 0 radical (unpaired) electrons. The number of anilines is 1. The Bertz CT molecular complexity index is 335. The first-order chi connectivity index (χ1) is 6.09. The largest absolute Gasteiger partial charge is 0.361 e. The third-order valence-corrected chi connectivity index (χ3v) is 1.58. The maximum atomic E-state index is 10.8. The summed E-state index contributed by atoms with van der Waals surface area (Å²) in [7, 11) is 0. The van der Waals surface area contributed by atoms with E-state index in [9.17, 15) is 9.59 Å². The minimum atomic E-state index is -1.02. The monoisotopic (exact) mass is 198 g/mol. The van der Waals surface area contributed by atoms with Crippen LogP contribution in [0.2, 0.25) is 5.02 Å². The van der Waals surface area contributed by atoms with Crippen LogP contribution in [0.1, 0.15) is 0 Å². The zero-order valence-corrected chi connectivity index (χ0v) is 7.34. The Morgan fingerprint density at radius 1 is 1.23 bits per heavy atom. The normalized spacial score (nSPS) is 9.31. The maximum Gasteiger partial charge on any atom is 0.313 e. The third-order valence-electron chi connectivity index (χ3n) is 1.33. The van der Waals surface area contributed by atoms with Crippen molar-refractivity contribution in [2.24, 2.45) is 5.73 Å². The zero-order chi connectivity index (χ0) is 9.84. The Kier molecular flexibility index (Phi) is 2.87. The van der Waals surface area contributed by atoms with Gasteiger partial charge in [-0.1, -0.05) is 11.6 Å². The number of halogens is 1. The topological polar surface area (TPSA) is 72.2 Å². The van der Waals surface area contributed by atoms with E-state index in [1.54, 1.807) is 24.3 Å². The fourth-order valence-electron chi connectivity index (χ4n) is 0.726. The van der Waals surface area contributed by atoms with Crippen LogP contribution in [-0.4, -0.2) is 11.8 Å². The molecule has 0 fully saturated rings. The molecule has 2 amide bonds. The first-order valence-electron chi connectivity index (χ1n) is 3.46. The van der Waals surface area contributed by atoms with Gasteiger partial charge in [-0.15, -0.1) is 0 Å². The average Bonchev–Trinajstić information content (AvgIpc) is 2.08. The molecule has 0 heterocycles. The number of hydrogen-bond donors (Lipinski definition) is 2. The van der Waals surface area contributed by atoms with Gasteiger partial charge < -0.3 is 11.1 Å². The predicted octanol–water partition coefficient (Wildman–Crippen LogP) is 0.764. The summed E-state index contributed by atoms with van der Waals surface area (Å²) in [5.41, 5.74) is 5.22. The zero-order valence-electron chi connectivity index (χ0n) is 6.58. The number of nitrogens with two attached hydrogens (primary N) is 1.